The molecule has 5 nitrogen and oxygen atoms in total. The fourth-order valence-electron chi connectivity index (χ4n) is 2.83. The normalized spacial score (nSPS) is 21.3. The van der Waals surface area contributed by atoms with Gasteiger partial charge in [0.05, 0.1) is 17.7 Å². The maximum Gasteiger partial charge on any atom is 0.120 e. The molecular formula is C17H25N3O2. The fraction of sp³-hybridized carbons (Fsp3) is 0.588. The number of aliphatic hydroxyl groups is 1. The second-order valence-corrected chi connectivity index (χ2v) is 5.98. The summed E-state index contributed by atoms with van der Waals surface area (Å²) in [6.07, 6.45) is -0.273. The Hall–Kier alpha value is -1.61. The monoisotopic (exact) mass is 303 g/mol. The van der Waals surface area contributed by atoms with Gasteiger partial charge in [0, 0.05) is 38.8 Å². The molecule has 1 saturated heterocycles. The molecule has 0 aromatic heterocycles. The third-order valence-electron chi connectivity index (χ3n) is 3.99. The molecule has 0 saturated carbocycles. The van der Waals surface area contributed by atoms with E-state index in [9.17, 15) is 5.11 Å². The standard InChI is InChI=1S/C17H25N3O2/c1-14-12-19(6-7-20(14)13-15(2)21)8-9-22-17-5-3-4-16(10-17)11-18/h3-5,10,14-15,21H,6-9,12-13H2,1-2H3/t14-,15-/m1/s1. The average Bonchev–Trinajstić information content (AvgIpc) is 2.50. The summed E-state index contributed by atoms with van der Waals surface area (Å²) >= 11 is 0. The molecule has 1 aromatic rings. The lowest BCUT2D eigenvalue weighted by Crippen LogP contribution is -2.54. The van der Waals surface area contributed by atoms with E-state index < -0.39 is 0 Å². The lowest BCUT2D eigenvalue weighted by atomic mass is 10.1. The predicted molar refractivity (Wildman–Crippen MR) is 85.8 cm³/mol. The van der Waals surface area contributed by atoms with E-state index in [2.05, 4.69) is 22.8 Å². The van der Waals surface area contributed by atoms with Crippen LogP contribution in [0.5, 0.6) is 5.75 Å². The number of β-amino-alcohol motifs (C(OH)–C–C–N with tert-alkyl or cyclic N) is 1. The number of rotatable bonds is 6. The molecule has 120 valence electrons. The zero-order valence-corrected chi connectivity index (χ0v) is 13.4. The number of ether oxygens (including phenoxy) is 1. The minimum Gasteiger partial charge on any atom is -0.492 e. The van der Waals surface area contributed by atoms with Gasteiger partial charge in [0.15, 0.2) is 0 Å². The summed E-state index contributed by atoms with van der Waals surface area (Å²) in [5, 5.41) is 18.4. The number of aliphatic hydroxyl groups excluding tert-OH is 1. The van der Waals surface area contributed by atoms with E-state index in [1.54, 1.807) is 12.1 Å². The van der Waals surface area contributed by atoms with Gasteiger partial charge in [-0.1, -0.05) is 6.07 Å². The van der Waals surface area contributed by atoms with Gasteiger partial charge < -0.3 is 9.84 Å². The van der Waals surface area contributed by atoms with Crippen molar-refractivity contribution in [1.82, 2.24) is 9.80 Å². The number of benzene rings is 1. The van der Waals surface area contributed by atoms with E-state index in [0.29, 0.717) is 18.2 Å². The summed E-state index contributed by atoms with van der Waals surface area (Å²) in [6, 6.07) is 9.82. The molecule has 1 fully saturated rings. The Balaban J connectivity index is 1.73. The number of piperazine rings is 1. The summed E-state index contributed by atoms with van der Waals surface area (Å²) in [7, 11) is 0. The van der Waals surface area contributed by atoms with Crippen molar-refractivity contribution in [1.29, 1.82) is 5.26 Å². The first-order valence-electron chi connectivity index (χ1n) is 7.86. The van der Waals surface area contributed by atoms with Gasteiger partial charge in [0.25, 0.3) is 0 Å². The molecule has 0 aliphatic carbocycles. The summed E-state index contributed by atoms with van der Waals surface area (Å²) in [6.45, 7) is 9.26. The van der Waals surface area contributed by atoms with Gasteiger partial charge in [-0.15, -0.1) is 0 Å². The minimum absolute atomic E-state index is 0.273. The predicted octanol–water partition coefficient (Wildman–Crippen LogP) is 1.32. The molecule has 0 unspecified atom stereocenters. The molecule has 1 aromatic carbocycles. The van der Waals surface area contributed by atoms with Crippen LogP contribution in [-0.4, -0.2) is 66.4 Å². The largest absolute Gasteiger partial charge is 0.492 e. The molecule has 2 atom stereocenters. The lowest BCUT2D eigenvalue weighted by molar-refractivity contribution is 0.0405. The molecule has 1 heterocycles. The van der Waals surface area contributed by atoms with Crippen LogP contribution in [0.3, 0.4) is 0 Å². The minimum atomic E-state index is -0.273. The first-order chi connectivity index (χ1) is 10.6. The molecule has 1 aliphatic heterocycles. The third-order valence-corrected chi connectivity index (χ3v) is 3.99. The van der Waals surface area contributed by atoms with Gasteiger partial charge in [0.1, 0.15) is 12.4 Å². The van der Waals surface area contributed by atoms with Gasteiger partial charge in [-0.3, -0.25) is 9.80 Å². The number of nitrogens with zero attached hydrogens (tertiary/aromatic N) is 3. The second-order valence-electron chi connectivity index (χ2n) is 5.98. The topological polar surface area (TPSA) is 59.7 Å². The molecule has 1 aliphatic rings. The molecule has 5 heteroatoms. The maximum absolute atomic E-state index is 9.50. The Labute approximate surface area is 132 Å². The quantitative estimate of drug-likeness (QED) is 0.859. The number of nitriles is 1. The zero-order chi connectivity index (χ0) is 15.9. The Morgan fingerprint density at radius 3 is 2.95 bits per heavy atom. The van der Waals surface area contributed by atoms with Crippen LogP contribution in [0.2, 0.25) is 0 Å². The average molecular weight is 303 g/mol. The number of hydrogen-bond donors (Lipinski definition) is 1. The van der Waals surface area contributed by atoms with Crippen molar-refractivity contribution in [2.45, 2.75) is 26.0 Å². The van der Waals surface area contributed by atoms with Crippen LogP contribution in [0.25, 0.3) is 0 Å². The highest BCUT2D eigenvalue weighted by Gasteiger charge is 2.24. The SMILES string of the molecule is C[C@@H]1CN(CCOc2cccc(C#N)c2)CCN1C[C@@H](C)O. The molecule has 0 bridgehead atoms. The second kappa shape index (κ2) is 8.14. The van der Waals surface area contributed by atoms with Crippen molar-refractivity contribution in [2.75, 3.05) is 39.3 Å². The summed E-state index contributed by atoms with van der Waals surface area (Å²) in [4.78, 5) is 4.72. The highest BCUT2D eigenvalue weighted by molar-refractivity contribution is 5.36. The molecular weight excluding hydrogens is 278 g/mol. The van der Waals surface area contributed by atoms with Crippen LogP contribution in [0.4, 0.5) is 0 Å². The van der Waals surface area contributed by atoms with Crippen molar-refractivity contribution in [3.63, 3.8) is 0 Å². The molecule has 0 radical (unpaired) electrons. The molecule has 22 heavy (non-hydrogen) atoms. The third kappa shape index (κ3) is 4.99. The van der Waals surface area contributed by atoms with Gasteiger partial charge in [-0.25, -0.2) is 0 Å². The first-order valence-corrected chi connectivity index (χ1v) is 7.86. The van der Waals surface area contributed by atoms with E-state index >= 15 is 0 Å². The van der Waals surface area contributed by atoms with E-state index in [-0.39, 0.29) is 6.10 Å². The Bertz CT molecular complexity index is 513. The molecule has 2 rings (SSSR count). The molecule has 0 amide bonds. The van der Waals surface area contributed by atoms with Crippen LogP contribution in [0, 0.1) is 11.3 Å². The van der Waals surface area contributed by atoms with E-state index in [1.807, 2.05) is 19.1 Å². The highest BCUT2D eigenvalue weighted by atomic mass is 16.5. The first kappa shape index (κ1) is 16.8. The Morgan fingerprint density at radius 2 is 2.27 bits per heavy atom. The summed E-state index contributed by atoms with van der Waals surface area (Å²) < 4.78 is 5.73. The Morgan fingerprint density at radius 1 is 1.45 bits per heavy atom. The smallest absolute Gasteiger partial charge is 0.120 e. The van der Waals surface area contributed by atoms with Crippen LogP contribution < -0.4 is 4.74 Å². The van der Waals surface area contributed by atoms with Crippen LogP contribution >= 0.6 is 0 Å². The lowest BCUT2D eigenvalue weighted by Gasteiger charge is -2.40. The van der Waals surface area contributed by atoms with Gasteiger partial charge in [-0.05, 0) is 32.0 Å². The Kier molecular flexibility index (Phi) is 6.20. The van der Waals surface area contributed by atoms with Crippen molar-refractivity contribution in [3.8, 4) is 11.8 Å². The van der Waals surface area contributed by atoms with Gasteiger partial charge >= 0.3 is 0 Å². The van der Waals surface area contributed by atoms with Crippen molar-refractivity contribution < 1.29 is 9.84 Å². The van der Waals surface area contributed by atoms with E-state index in [1.165, 1.54) is 0 Å². The fourth-order valence-corrected chi connectivity index (χ4v) is 2.83. The van der Waals surface area contributed by atoms with Crippen molar-refractivity contribution in [2.24, 2.45) is 0 Å². The van der Waals surface area contributed by atoms with E-state index in [4.69, 9.17) is 10.00 Å². The number of hydrogen-bond acceptors (Lipinski definition) is 5. The van der Waals surface area contributed by atoms with Gasteiger partial charge in [0.2, 0.25) is 0 Å². The summed E-state index contributed by atoms with van der Waals surface area (Å²) in [5.74, 6) is 0.750. The van der Waals surface area contributed by atoms with Gasteiger partial charge in [-0.2, -0.15) is 5.26 Å². The van der Waals surface area contributed by atoms with Crippen molar-refractivity contribution in [3.05, 3.63) is 29.8 Å². The summed E-state index contributed by atoms with van der Waals surface area (Å²) in [5.41, 5.74) is 0.623. The van der Waals surface area contributed by atoms with Crippen molar-refractivity contribution >= 4 is 0 Å². The molecule has 0 spiro atoms. The van der Waals surface area contributed by atoms with E-state index in [0.717, 1.165) is 38.5 Å². The highest BCUT2D eigenvalue weighted by Crippen LogP contribution is 2.13. The van der Waals surface area contributed by atoms with Crippen LogP contribution in [0.1, 0.15) is 19.4 Å². The maximum atomic E-state index is 9.50. The molecule has 1 N–H and O–H groups in total. The van der Waals surface area contributed by atoms with Crippen LogP contribution in [-0.2, 0) is 0 Å². The zero-order valence-electron chi connectivity index (χ0n) is 13.4. The van der Waals surface area contributed by atoms with Crippen LogP contribution in [0.15, 0.2) is 24.3 Å².